The van der Waals surface area contributed by atoms with E-state index in [2.05, 4.69) is 9.97 Å². The van der Waals surface area contributed by atoms with Crippen molar-refractivity contribution < 1.29 is 36.8 Å². The van der Waals surface area contributed by atoms with Gasteiger partial charge in [-0.1, -0.05) is 24.3 Å². The van der Waals surface area contributed by atoms with Gasteiger partial charge in [-0.3, -0.25) is 9.88 Å². The molecule has 0 aliphatic carbocycles. The van der Waals surface area contributed by atoms with E-state index in [4.69, 9.17) is 9.47 Å². The number of halogens is 3. The summed E-state index contributed by atoms with van der Waals surface area (Å²) in [7, 11) is 1.47. The van der Waals surface area contributed by atoms with Crippen molar-refractivity contribution in [2.24, 2.45) is 0 Å². The number of carbonyl (C=O) groups is 2. The number of benzene rings is 2. The van der Waals surface area contributed by atoms with Gasteiger partial charge in [0.25, 0.3) is 0 Å². The molecule has 0 saturated heterocycles. The van der Waals surface area contributed by atoms with E-state index < -0.39 is 36.0 Å². The van der Waals surface area contributed by atoms with Gasteiger partial charge < -0.3 is 14.0 Å². The van der Waals surface area contributed by atoms with Crippen molar-refractivity contribution in [3.63, 3.8) is 0 Å². The number of para-hydroxylation sites is 3. The smallest absolute Gasteiger partial charge is 0.422 e. The number of imidazole rings is 1. The highest BCUT2D eigenvalue weighted by Crippen LogP contribution is 2.29. The van der Waals surface area contributed by atoms with Crippen molar-refractivity contribution in [1.82, 2.24) is 14.5 Å². The number of esters is 1. The van der Waals surface area contributed by atoms with Crippen LogP contribution in [-0.4, -0.2) is 57.5 Å². The molecular formula is C27H25F3N4O5S. The van der Waals surface area contributed by atoms with Crippen molar-refractivity contribution in [3.05, 3.63) is 77.6 Å². The summed E-state index contributed by atoms with van der Waals surface area (Å²) in [5.74, 6) is -0.889. The lowest BCUT2D eigenvalue weighted by Crippen LogP contribution is -2.34. The van der Waals surface area contributed by atoms with Crippen LogP contribution in [0.3, 0.4) is 0 Å². The molecule has 1 amide bonds. The maximum atomic E-state index is 13.9. The van der Waals surface area contributed by atoms with Gasteiger partial charge in [0, 0.05) is 30.0 Å². The average molecular weight is 575 g/mol. The number of alkyl halides is 3. The molecule has 2 aromatic heterocycles. The Hall–Kier alpha value is -4.10. The predicted molar refractivity (Wildman–Crippen MR) is 142 cm³/mol. The third-order valence-corrected chi connectivity index (χ3v) is 7.11. The zero-order chi connectivity index (χ0) is 29.0. The average Bonchev–Trinajstić information content (AvgIpc) is 3.32. The summed E-state index contributed by atoms with van der Waals surface area (Å²) in [5.41, 5.74) is 1.73. The number of carbonyl (C=O) groups excluding carboxylic acids is 2. The third kappa shape index (κ3) is 6.20. The van der Waals surface area contributed by atoms with Crippen LogP contribution >= 0.6 is 0 Å². The zero-order valence-electron chi connectivity index (χ0n) is 21.8. The first-order valence-corrected chi connectivity index (χ1v) is 13.4. The molecule has 2 heterocycles. The third-order valence-electron chi connectivity index (χ3n) is 5.89. The van der Waals surface area contributed by atoms with Crippen LogP contribution in [0, 0.1) is 6.92 Å². The monoisotopic (exact) mass is 574 g/mol. The lowest BCUT2D eigenvalue weighted by Gasteiger charge is -2.21. The molecule has 0 spiro atoms. The summed E-state index contributed by atoms with van der Waals surface area (Å²) in [4.78, 5) is 36.2. The maximum absolute atomic E-state index is 13.9. The Morgan fingerprint density at radius 3 is 2.52 bits per heavy atom. The number of amides is 1. The standard InChI is InChI=1S/C27H25F3N4O5S/c1-4-38-24(35)18-9-5-7-11-21(18)33(3)26(36)34-22-12-8-6-10-19(22)32-25(34)40(37)15-20-17(2)23(13-14-31-20)39-16-27(28,29)30/h5-14H,4,15-16H2,1-3H3. The molecule has 40 heavy (non-hydrogen) atoms. The van der Waals surface area contributed by atoms with Crippen LogP contribution in [0.15, 0.2) is 66.0 Å². The summed E-state index contributed by atoms with van der Waals surface area (Å²) in [6.07, 6.45) is -3.26. The second-order valence-electron chi connectivity index (χ2n) is 8.57. The van der Waals surface area contributed by atoms with E-state index in [1.807, 2.05) is 0 Å². The highest BCUT2D eigenvalue weighted by molar-refractivity contribution is 7.90. The molecule has 0 radical (unpaired) electrons. The Bertz CT molecular complexity index is 1540. The molecule has 1 atom stereocenters. The Kier molecular flexibility index (Phi) is 8.64. The fraction of sp³-hybridized carbons (Fsp3) is 0.259. The Morgan fingerprint density at radius 1 is 1.10 bits per heavy atom. The number of anilines is 1. The minimum atomic E-state index is -4.53. The van der Waals surface area contributed by atoms with Crippen molar-refractivity contribution in [2.45, 2.75) is 30.9 Å². The largest absolute Gasteiger partial charge is 0.609 e. The van der Waals surface area contributed by atoms with Gasteiger partial charge in [0.1, 0.15) is 5.75 Å². The van der Waals surface area contributed by atoms with E-state index in [1.54, 1.807) is 49.4 Å². The highest BCUT2D eigenvalue weighted by Gasteiger charge is 2.32. The van der Waals surface area contributed by atoms with Gasteiger partial charge in [-0.05, 0) is 44.2 Å². The minimum Gasteiger partial charge on any atom is -0.609 e. The van der Waals surface area contributed by atoms with Gasteiger partial charge in [0.15, 0.2) is 12.4 Å². The molecule has 0 bridgehead atoms. The normalized spacial score (nSPS) is 12.3. The number of fused-ring (bicyclic) bond motifs is 1. The second kappa shape index (κ2) is 12.0. The number of pyridine rings is 1. The van der Waals surface area contributed by atoms with Gasteiger partial charge >= 0.3 is 23.3 Å². The molecule has 0 N–H and O–H groups in total. The molecule has 4 rings (SSSR count). The summed E-state index contributed by atoms with van der Waals surface area (Å²) in [5, 5.41) is -0.0884. The fourth-order valence-electron chi connectivity index (χ4n) is 3.95. The van der Waals surface area contributed by atoms with Crippen molar-refractivity contribution in [2.75, 3.05) is 25.2 Å². The van der Waals surface area contributed by atoms with E-state index in [-0.39, 0.29) is 45.8 Å². The highest BCUT2D eigenvalue weighted by atomic mass is 32.2. The molecular weight excluding hydrogens is 549 g/mol. The van der Waals surface area contributed by atoms with Gasteiger partial charge in [-0.25, -0.2) is 14.2 Å². The van der Waals surface area contributed by atoms with E-state index in [0.29, 0.717) is 11.0 Å². The molecule has 13 heteroatoms. The summed E-state index contributed by atoms with van der Waals surface area (Å²) in [6, 6.07) is 13.8. The number of ether oxygens (including phenoxy) is 2. The van der Waals surface area contributed by atoms with Crippen LogP contribution in [-0.2, 0) is 21.7 Å². The van der Waals surface area contributed by atoms with E-state index in [9.17, 15) is 27.3 Å². The van der Waals surface area contributed by atoms with Gasteiger partial charge in [0.05, 0.1) is 34.6 Å². The maximum Gasteiger partial charge on any atom is 0.422 e. The molecule has 9 nitrogen and oxygen atoms in total. The molecule has 0 aliphatic rings. The first-order chi connectivity index (χ1) is 19.0. The van der Waals surface area contributed by atoms with Crippen LogP contribution in [0.25, 0.3) is 11.0 Å². The van der Waals surface area contributed by atoms with Crippen molar-refractivity contribution in [3.8, 4) is 5.75 Å². The second-order valence-corrected chi connectivity index (χ2v) is 9.92. The van der Waals surface area contributed by atoms with Crippen LogP contribution in [0.4, 0.5) is 23.7 Å². The van der Waals surface area contributed by atoms with Crippen molar-refractivity contribution in [1.29, 1.82) is 0 Å². The first-order valence-electron chi connectivity index (χ1n) is 12.1. The SMILES string of the molecule is CCOC(=O)c1ccccc1N(C)C(=O)n1c([S+]([O-])Cc2nccc(OCC(F)(F)F)c2C)nc2ccccc21. The molecule has 210 valence electrons. The minimum absolute atomic E-state index is 0.0424. The molecule has 4 aromatic rings. The lowest BCUT2D eigenvalue weighted by atomic mass is 10.1. The Morgan fingerprint density at radius 2 is 1.80 bits per heavy atom. The lowest BCUT2D eigenvalue weighted by molar-refractivity contribution is -0.153. The van der Waals surface area contributed by atoms with Gasteiger partial charge in [0.2, 0.25) is 0 Å². The van der Waals surface area contributed by atoms with Crippen molar-refractivity contribution >= 4 is 39.9 Å². The molecule has 0 saturated carbocycles. The molecule has 0 aliphatic heterocycles. The summed E-state index contributed by atoms with van der Waals surface area (Å²) in [6.45, 7) is 1.85. The van der Waals surface area contributed by atoms with E-state index >= 15 is 0 Å². The van der Waals surface area contributed by atoms with E-state index in [0.717, 1.165) is 0 Å². The predicted octanol–water partition coefficient (Wildman–Crippen LogP) is 5.27. The zero-order valence-corrected chi connectivity index (χ0v) is 22.6. The quantitative estimate of drug-likeness (QED) is 0.208. The number of hydrogen-bond acceptors (Lipinski definition) is 7. The fourth-order valence-corrected chi connectivity index (χ4v) is 5.20. The number of nitrogens with zero attached hydrogens (tertiary/aromatic N) is 4. The Balaban J connectivity index is 1.70. The van der Waals surface area contributed by atoms with E-state index in [1.165, 1.54) is 41.8 Å². The number of aromatic nitrogens is 3. The molecule has 1 unspecified atom stereocenters. The molecule has 0 fully saturated rings. The van der Waals surface area contributed by atoms with Crippen LogP contribution in [0.2, 0.25) is 0 Å². The van der Waals surface area contributed by atoms with Crippen LogP contribution in [0.1, 0.15) is 28.5 Å². The van der Waals surface area contributed by atoms with Gasteiger partial charge in [-0.15, -0.1) is 0 Å². The van der Waals surface area contributed by atoms with Gasteiger partial charge in [-0.2, -0.15) is 18.2 Å². The number of hydrogen-bond donors (Lipinski definition) is 0. The van der Waals surface area contributed by atoms with Crippen LogP contribution < -0.4 is 9.64 Å². The Labute approximate surface area is 230 Å². The molecule has 2 aromatic carbocycles. The summed E-state index contributed by atoms with van der Waals surface area (Å²) >= 11 is -1.96. The number of rotatable bonds is 8. The first kappa shape index (κ1) is 28.9. The van der Waals surface area contributed by atoms with Crippen LogP contribution in [0.5, 0.6) is 5.75 Å². The summed E-state index contributed by atoms with van der Waals surface area (Å²) < 4.78 is 62.8. The topological polar surface area (TPSA) is 110 Å².